The topological polar surface area (TPSA) is 47.6 Å². The van der Waals surface area contributed by atoms with E-state index < -0.39 is 6.10 Å². The summed E-state index contributed by atoms with van der Waals surface area (Å²) in [5.41, 5.74) is 3.33. The Labute approximate surface area is 143 Å². The van der Waals surface area contributed by atoms with Crippen LogP contribution in [0.2, 0.25) is 0 Å². The highest BCUT2D eigenvalue weighted by molar-refractivity contribution is 5.80. The Hall–Kier alpha value is -2.33. The van der Waals surface area contributed by atoms with Crippen molar-refractivity contribution >= 4 is 5.91 Å². The molecule has 2 rings (SSSR count). The molecule has 1 amide bonds. The third kappa shape index (κ3) is 5.39. The van der Waals surface area contributed by atoms with Crippen molar-refractivity contribution in [2.75, 3.05) is 13.2 Å². The largest absolute Gasteiger partial charge is 0.481 e. The van der Waals surface area contributed by atoms with Crippen molar-refractivity contribution in [3.63, 3.8) is 0 Å². The van der Waals surface area contributed by atoms with E-state index in [-0.39, 0.29) is 5.91 Å². The van der Waals surface area contributed by atoms with Gasteiger partial charge in [0.05, 0.1) is 13.2 Å². The number of rotatable bonds is 8. The smallest absolute Gasteiger partial charge is 0.260 e. The van der Waals surface area contributed by atoms with E-state index in [2.05, 4.69) is 5.32 Å². The highest BCUT2D eigenvalue weighted by Crippen LogP contribution is 2.21. The lowest BCUT2D eigenvalue weighted by Gasteiger charge is -2.17. The molecule has 0 heterocycles. The number of carbonyl (C=O) groups is 1. The number of carbonyl (C=O) groups excluding carboxylic acids is 1. The summed E-state index contributed by atoms with van der Waals surface area (Å²) in [7, 11) is 0. The second kappa shape index (κ2) is 9.08. The zero-order valence-corrected chi connectivity index (χ0v) is 14.5. The molecular formula is C20H25NO3. The third-order valence-electron chi connectivity index (χ3n) is 3.89. The fourth-order valence-corrected chi connectivity index (χ4v) is 2.25. The first kappa shape index (κ1) is 18.0. The van der Waals surface area contributed by atoms with E-state index in [1.165, 1.54) is 0 Å². The summed E-state index contributed by atoms with van der Waals surface area (Å²) < 4.78 is 11.3. The van der Waals surface area contributed by atoms with E-state index >= 15 is 0 Å². The van der Waals surface area contributed by atoms with Crippen LogP contribution in [0.3, 0.4) is 0 Å². The van der Waals surface area contributed by atoms with E-state index in [1.54, 1.807) is 6.92 Å². The third-order valence-corrected chi connectivity index (χ3v) is 3.89. The van der Waals surface area contributed by atoms with Gasteiger partial charge < -0.3 is 14.8 Å². The molecule has 0 aliphatic carbocycles. The molecule has 0 aliphatic heterocycles. The molecule has 128 valence electrons. The van der Waals surface area contributed by atoms with E-state index in [9.17, 15) is 4.79 Å². The van der Waals surface area contributed by atoms with Gasteiger partial charge in [0.1, 0.15) is 5.75 Å². The van der Waals surface area contributed by atoms with Crippen molar-refractivity contribution in [1.29, 1.82) is 0 Å². The van der Waals surface area contributed by atoms with Crippen LogP contribution in [-0.2, 0) is 16.1 Å². The van der Waals surface area contributed by atoms with Gasteiger partial charge in [0.25, 0.3) is 5.91 Å². The van der Waals surface area contributed by atoms with Crippen LogP contribution in [0.5, 0.6) is 5.75 Å². The fraction of sp³-hybridized carbons (Fsp3) is 0.350. The number of hydrogen-bond acceptors (Lipinski definition) is 3. The lowest BCUT2D eigenvalue weighted by atomic mass is 10.1. The average molecular weight is 327 g/mol. The standard InChI is InChI=1S/C20H25NO3/c1-15-8-7-11-19(16(15)2)24-17(3)20(22)21-12-13-23-14-18-9-5-4-6-10-18/h4-11,17H,12-14H2,1-3H3,(H,21,22)/t17-/m1/s1. The Morgan fingerprint density at radius 3 is 2.58 bits per heavy atom. The molecule has 0 unspecified atom stereocenters. The molecule has 2 aromatic carbocycles. The van der Waals surface area contributed by atoms with Crippen LogP contribution in [0.4, 0.5) is 0 Å². The van der Waals surface area contributed by atoms with Crippen molar-refractivity contribution in [3.05, 3.63) is 65.2 Å². The highest BCUT2D eigenvalue weighted by atomic mass is 16.5. The van der Waals surface area contributed by atoms with Gasteiger partial charge >= 0.3 is 0 Å². The molecule has 0 aromatic heterocycles. The van der Waals surface area contributed by atoms with E-state index in [0.29, 0.717) is 19.8 Å². The summed E-state index contributed by atoms with van der Waals surface area (Å²) >= 11 is 0. The minimum atomic E-state index is -0.542. The highest BCUT2D eigenvalue weighted by Gasteiger charge is 2.15. The minimum absolute atomic E-state index is 0.140. The number of hydrogen-bond donors (Lipinski definition) is 1. The van der Waals surface area contributed by atoms with Gasteiger partial charge in [-0.3, -0.25) is 4.79 Å². The molecule has 2 aromatic rings. The van der Waals surface area contributed by atoms with E-state index in [0.717, 1.165) is 22.4 Å². The SMILES string of the molecule is Cc1cccc(O[C@H](C)C(=O)NCCOCc2ccccc2)c1C. The quantitative estimate of drug-likeness (QED) is 0.756. The maximum atomic E-state index is 12.1. The number of amides is 1. The molecule has 0 saturated carbocycles. The average Bonchev–Trinajstić information content (AvgIpc) is 2.59. The van der Waals surface area contributed by atoms with Crippen LogP contribution < -0.4 is 10.1 Å². The maximum Gasteiger partial charge on any atom is 0.260 e. The Bertz CT molecular complexity index is 655. The molecule has 0 radical (unpaired) electrons. The predicted molar refractivity (Wildman–Crippen MR) is 95.1 cm³/mol. The molecule has 4 heteroatoms. The molecular weight excluding hydrogens is 302 g/mol. The number of benzene rings is 2. The maximum absolute atomic E-state index is 12.1. The Balaban J connectivity index is 1.69. The number of aryl methyl sites for hydroxylation is 1. The molecule has 0 aliphatic rings. The van der Waals surface area contributed by atoms with Crippen molar-refractivity contribution in [1.82, 2.24) is 5.32 Å². The van der Waals surface area contributed by atoms with Crippen LogP contribution in [0, 0.1) is 13.8 Å². The molecule has 1 atom stereocenters. The van der Waals surface area contributed by atoms with Crippen molar-refractivity contribution in [2.45, 2.75) is 33.5 Å². The van der Waals surface area contributed by atoms with Gasteiger partial charge in [0, 0.05) is 6.54 Å². The van der Waals surface area contributed by atoms with Gasteiger partial charge in [0.2, 0.25) is 0 Å². The summed E-state index contributed by atoms with van der Waals surface area (Å²) in [5, 5.41) is 2.83. The number of ether oxygens (including phenoxy) is 2. The van der Waals surface area contributed by atoms with Crippen LogP contribution >= 0.6 is 0 Å². The fourth-order valence-electron chi connectivity index (χ4n) is 2.25. The Morgan fingerprint density at radius 2 is 1.83 bits per heavy atom. The minimum Gasteiger partial charge on any atom is -0.481 e. The normalized spacial score (nSPS) is 11.8. The molecule has 1 N–H and O–H groups in total. The van der Waals surface area contributed by atoms with E-state index in [1.807, 2.05) is 62.4 Å². The first-order chi connectivity index (χ1) is 11.6. The molecule has 0 bridgehead atoms. The molecule has 0 fully saturated rings. The van der Waals surface area contributed by atoms with E-state index in [4.69, 9.17) is 9.47 Å². The van der Waals surface area contributed by atoms with Gasteiger partial charge in [-0.2, -0.15) is 0 Å². The van der Waals surface area contributed by atoms with Crippen molar-refractivity contribution < 1.29 is 14.3 Å². The van der Waals surface area contributed by atoms with Crippen LogP contribution in [-0.4, -0.2) is 25.2 Å². The zero-order chi connectivity index (χ0) is 17.4. The second-order valence-corrected chi connectivity index (χ2v) is 5.79. The van der Waals surface area contributed by atoms with Crippen LogP contribution in [0.15, 0.2) is 48.5 Å². The first-order valence-corrected chi connectivity index (χ1v) is 8.20. The van der Waals surface area contributed by atoms with Gasteiger partial charge in [-0.25, -0.2) is 0 Å². The Kier molecular flexibility index (Phi) is 6.82. The summed E-state index contributed by atoms with van der Waals surface area (Å²) in [6, 6.07) is 15.8. The summed E-state index contributed by atoms with van der Waals surface area (Å²) in [4.78, 5) is 12.1. The summed E-state index contributed by atoms with van der Waals surface area (Å²) in [5.74, 6) is 0.609. The number of nitrogens with one attached hydrogen (secondary N) is 1. The second-order valence-electron chi connectivity index (χ2n) is 5.79. The lowest BCUT2D eigenvalue weighted by Crippen LogP contribution is -2.38. The van der Waals surface area contributed by atoms with Gasteiger partial charge in [-0.1, -0.05) is 42.5 Å². The monoisotopic (exact) mass is 327 g/mol. The molecule has 0 spiro atoms. The molecule has 4 nitrogen and oxygen atoms in total. The predicted octanol–water partition coefficient (Wildman–Crippen LogP) is 3.40. The Morgan fingerprint density at radius 1 is 1.08 bits per heavy atom. The van der Waals surface area contributed by atoms with Gasteiger partial charge in [-0.05, 0) is 43.5 Å². The zero-order valence-electron chi connectivity index (χ0n) is 14.5. The summed E-state index contributed by atoms with van der Waals surface area (Å²) in [6.45, 7) is 7.25. The first-order valence-electron chi connectivity index (χ1n) is 8.20. The van der Waals surface area contributed by atoms with Crippen LogP contribution in [0.25, 0.3) is 0 Å². The van der Waals surface area contributed by atoms with Gasteiger partial charge in [-0.15, -0.1) is 0 Å². The lowest BCUT2D eigenvalue weighted by molar-refractivity contribution is -0.127. The van der Waals surface area contributed by atoms with Crippen molar-refractivity contribution in [3.8, 4) is 5.75 Å². The van der Waals surface area contributed by atoms with Crippen molar-refractivity contribution in [2.24, 2.45) is 0 Å². The van der Waals surface area contributed by atoms with Gasteiger partial charge in [0.15, 0.2) is 6.10 Å². The van der Waals surface area contributed by atoms with Crippen LogP contribution in [0.1, 0.15) is 23.6 Å². The molecule has 24 heavy (non-hydrogen) atoms. The summed E-state index contributed by atoms with van der Waals surface area (Å²) in [6.07, 6.45) is -0.542. The molecule has 0 saturated heterocycles.